The number of imidazole rings is 1. The Kier molecular flexibility index (Phi) is 15.7. The summed E-state index contributed by atoms with van der Waals surface area (Å²) in [5.41, 5.74) is 13.0. The maximum Gasteiger partial charge on any atom is 0.328 e. The lowest BCUT2D eigenvalue weighted by Gasteiger charge is -2.18. The van der Waals surface area contributed by atoms with Crippen LogP contribution >= 0.6 is 11.8 Å². The molecule has 19 nitrogen and oxygen atoms in total. The first-order valence-electron chi connectivity index (χ1n) is 16.0. The summed E-state index contributed by atoms with van der Waals surface area (Å²) in [4.78, 5) is 95.5. The molecule has 0 spiro atoms. The van der Waals surface area contributed by atoms with Crippen molar-refractivity contribution in [1.29, 1.82) is 0 Å². The summed E-state index contributed by atoms with van der Waals surface area (Å²) in [5.74, 6) is -6.90. The maximum absolute atomic E-state index is 12.8. The number of aliphatic carboxylic acids is 3. The number of H-pyrrole nitrogens is 1. The van der Waals surface area contributed by atoms with E-state index in [1.807, 2.05) is 0 Å². The molecule has 3 rings (SSSR count). The molecule has 0 aliphatic carbocycles. The number of carbonyl (C=O) groups excluding carboxylic acids is 3. The van der Waals surface area contributed by atoms with E-state index in [1.165, 1.54) is 11.7 Å². The number of aryl methyl sites for hydroxylation is 1. The third-order valence-corrected chi connectivity index (χ3v) is 9.07. The number of carboxylic acid groups (broad SMARTS) is 3. The van der Waals surface area contributed by atoms with Crippen molar-refractivity contribution in [1.82, 2.24) is 24.8 Å². The van der Waals surface area contributed by atoms with Crippen LogP contribution in [-0.2, 0) is 46.5 Å². The van der Waals surface area contributed by atoms with Crippen LogP contribution in [0.1, 0.15) is 43.2 Å². The highest BCUT2D eigenvalue weighted by Gasteiger charge is 2.28. The molecule has 0 bridgehead atoms. The van der Waals surface area contributed by atoms with Gasteiger partial charge < -0.3 is 46.6 Å². The second-order valence-electron chi connectivity index (χ2n) is 11.7. The molecule has 0 aliphatic rings. The molecule has 3 aromatic rings. The van der Waals surface area contributed by atoms with E-state index >= 15 is 0 Å². The first-order chi connectivity index (χ1) is 24.7. The number of amides is 1. The fraction of sp³-hybridized carbons (Fsp3) is 0.469. The van der Waals surface area contributed by atoms with Crippen LogP contribution in [0.5, 0.6) is 6.01 Å². The summed E-state index contributed by atoms with van der Waals surface area (Å²) in [6, 6.07) is 5.79. The fourth-order valence-corrected chi connectivity index (χ4v) is 6.03. The molecule has 52 heavy (non-hydrogen) atoms. The molecule has 0 saturated heterocycles. The Hall–Kier alpha value is -5.34. The van der Waals surface area contributed by atoms with Gasteiger partial charge in [-0.1, -0.05) is 24.3 Å². The lowest BCUT2D eigenvalue weighted by Crippen LogP contribution is -2.37. The Labute approximate surface area is 300 Å². The quantitative estimate of drug-likeness (QED) is 0.0585. The number of carboxylic acids is 3. The van der Waals surface area contributed by atoms with Crippen molar-refractivity contribution in [3.63, 3.8) is 0 Å². The van der Waals surface area contributed by atoms with Crippen molar-refractivity contribution >= 4 is 64.1 Å². The molecule has 0 fully saturated rings. The second kappa shape index (κ2) is 19.9. The molecule has 1 amide bonds. The molecule has 282 valence electrons. The molecule has 2 aromatic heterocycles. The van der Waals surface area contributed by atoms with Gasteiger partial charge in [0, 0.05) is 38.5 Å². The minimum Gasteiger partial charge on any atom is -0.480 e. The number of Topliss-reactive ketones (excluding diaryl/α,β-unsaturated/α-hetero) is 2. The number of nitrogens with zero attached hydrogens (tertiary/aromatic N) is 3. The molecule has 9 N–H and O–H groups in total. The highest BCUT2D eigenvalue weighted by atomic mass is 32.2. The van der Waals surface area contributed by atoms with Crippen LogP contribution in [0, 0.1) is 5.92 Å². The Morgan fingerprint density at radius 2 is 1.63 bits per heavy atom. The summed E-state index contributed by atoms with van der Waals surface area (Å²) < 4.78 is 11.8. The van der Waals surface area contributed by atoms with Crippen LogP contribution in [0.25, 0.3) is 11.2 Å². The largest absolute Gasteiger partial charge is 0.480 e. The minimum atomic E-state index is -1.33. The number of rotatable bonds is 24. The standard InChI is InChI=1S/C32H41N7O12S/c1-50-10-11-51-31-37-26(34)25-27(38-31)39(32(49)36-25)15-18-4-2-17(3-5-18)6-7-21(41)13-23(30(47)48)52-16-19(28(44)35-14-24(42)43)12-20(40)8-9-22(33)29(45)46/h2-5,19,22-23H,6-16,33H2,1H3,(H,35,44)(H,36,49)(H,42,43)(H,45,46)(H,47,48)(H2,34,37,38). The molecule has 0 radical (unpaired) electrons. The third-order valence-electron chi connectivity index (χ3n) is 7.70. The molecule has 20 heteroatoms. The predicted molar refractivity (Wildman–Crippen MR) is 186 cm³/mol. The minimum absolute atomic E-state index is 0.00919. The number of benzene rings is 1. The molecular weight excluding hydrogens is 706 g/mol. The zero-order chi connectivity index (χ0) is 38.4. The average Bonchev–Trinajstić information content (AvgIpc) is 3.41. The summed E-state index contributed by atoms with van der Waals surface area (Å²) in [5, 5.41) is 28.5. The van der Waals surface area contributed by atoms with Gasteiger partial charge in [-0.2, -0.15) is 9.97 Å². The molecule has 2 heterocycles. The van der Waals surface area contributed by atoms with Gasteiger partial charge in [0.2, 0.25) is 5.91 Å². The van der Waals surface area contributed by atoms with Gasteiger partial charge in [0.05, 0.1) is 19.1 Å². The zero-order valence-electron chi connectivity index (χ0n) is 28.2. The predicted octanol–water partition coefficient (Wildman–Crippen LogP) is -0.178. The first kappa shape index (κ1) is 41.1. The highest BCUT2D eigenvalue weighted by Crippen LogP contribution is 2.23. The van der Waals surface area contributed by atoms with Crippen LogP contribution in [0.2, 0.25) is 0 Å². The summed E-state index contributed by atoms with van der Waals surface area (Å²) in [6.45, 7) is -0.101. The first-order valence-corrected chi connectivity index (χ1v) is 17.0. The van der Waals surface area contributed by atoms with Gasteiger partial charge >= 0.3 is 29.6 Å². The molecule has 3 atom stereocenters. The van der Waals surface area contributed by atoms with Crippen molar-refractivity contribution in [2.45, 2.75) is 56.4 Å². The normalized spacial score (nSPS) is 12.9. The van der Waals surface area contributed by atoms with Crippen molar-refractivity contribution < 1.29 is 53.6 Å². The van der Waals surface area contributed by atoms with Gasteiger partial charge in [-0.3, -0.25) is 33.3 Å². The van der Waals surface area contributed by atoms with Crippen molar-refractivity contribution in [2.24, 2.45) is 11.7 Å². The number of thioether (sulfide) groups is 1. The average molecular weight is 748 g/mol. The molecule has 3 unspecified atom stereocenters. The number of methoxy groups -OCH3 is 1. The number of nitrogens with one attached hydrogen (secondary N) is 2. The number of nitrogens with two attached hydrogens (primary N) is 2. The Morgan fingerprint density at radius 3 is 2.27 bits per heavy atom. The van der Waals surface area contributed by atoms with Crippen molar-refractivity contribution in [3.05, 3.63) is 45.9 Å². The number of nitrogen functional groups attached to an aromatic ring is 1. The van der Waals surface area contributed by atoms with Gasteiger partial charge in [-0.15, -0.1) is 11.8 Å². The molecule has 0 aliphatic heterocycles. The lowest BCUT2D eigenvalue weighted by molar-refractivity contribution is -0.139. The van der Waals surface area contributed by atoms with Gasteiger partial charge in [0.25, 0.3) is 0 Å². The van der Waals surface area contributed by atoms with Crippen LogP contribution in [-0.4, -0.2) is 114 Å². The van der Waals surface area contributed by atoms with E-state index in [2.05, 4.69) is 20.3 Å². The van der Waals surface area contributed by atoms with Crippen molar-refractivity contribution in [2.75, 3.05) is 38.4 Å². The zero-order valence-corrected chi connectivity index (χ0v) is 29.1. The number of hydrogen-bond donors (Lipinski definition) is 7. The molecule has 0 saturated carbocycles. The number of ketones is 2. The van der Waals surface area contributed by atoms with E-state index in [-0.39, 0.29) is 73.4 Å². The number of anilines is 1. The lowest BCUT2D eigenvalue weighted by atomic mass is 9.99. The van der Waals surface area contributed by atoms with Crippen LogP contribution in [0.3, 0.4) is 0 Å². The van der Waals surface area contributed by atoms with Crippen LogP contribution in [0.4, 0.5) is 5.82 Å². The maximum atomic E-state index is 12.8. The van der Waals surface area contributed by atoms with E-state index in [0.717, 1.165) is 22.9 Å². The Bertz CT molecular complexity index is 1810. The second-order valence-corrected chi connectivity index (χ2v) is 12.9. The Morgan fingerprint density at radius 1 is 0.962 bits per heavy atom. The summed E-state index contributed by atoms with van der Waals surface area (Å²) in [6.07, 6.45) is -0.890. The number of carbonyl (C=O) groups is 6. The summed E-state index contributed by atoms with van der Waals surface area (Å²) >= 11 is 0.773. The fourth-order valence-electron chi connectivity index (χ4n) is 4.85. The van der Waals surface area contributed by atoms with Gasteiger partial charge in [-0.05, 0) is 24.0 Å². The van der Waals surface area contributed by atoms with Gasteiger partial charge in [0.1, 0.15) is 41.5 Å². The van der Waals surface area contributed by atoms with E-state index in [4.69, 9.17) is 31.2 Å². The SMILES string of the molecule is COCCOc1nc(N)c2[nH]c(=O)n(Cc3ccc(CCC(=O)CC(SCC(CC(=O)CCC(N)C(=O)O)C(=O)NCC(=O)O)C(=O)O)cc3)c2n1. The third kappa shape index (κ3) is 12.8. The molecular formula is C32H41N7O12S. The van der Waals surface area contributed by atoms with Crippen LogP contribution < -0.4 is 27.2 Å². The summed E-state index contributed by atoms with van der Waals surface area (Å²) in [7, 11) is 1.52. The number of aromatic nitrogens is 4. The topological polar surface area (TPSA) is 309 Å². The van der Waals surface area contributed by atoms with Crippen LogP contribution in [0.15, 0.2) is 29.1 Å². The monoisotopic (exact) mass is 747 g/mol. The number of fused-ring (bicyclic) bond motifs is 1. The number of hydrogen-bond acceptors (Lipinski definition) is 14. The molecule has 1 aromatic carbocycles. The van der Waals surface area contributed by atoms with E-state index in [9.17, 15) is 38.7 Å². The number of ether oxygens (including phenoxy) is 2. The van der Waals surface area contributed by atoms with E-state index < -0.39 is 65.5 Å². The highest BCUT2D eigenvalue weighted by molar-refractivity contribution is 8.00. The number of aromatic amines is 1. The Balaban J connectivity index is 1.58. The van der Waals surface area contributed by atoms with Gasteiger partial charge in [0.15, 0.2) is 11.5 Å². The van der Waals surface area contributed by atoms with E-state index in [1.54, 1.807) is 24.3 Å². The smallest absolute Gasteiger partial charge is 0.328 e. The van der Waals surface area contributed by atoms with Crippen molar-refractivity contribution in [3.8, 4) is 6.01 Å². The van der Waals surface area contributed by atoms with Gasteiger partial charge in [-0.25, -0.2) is 4.79 Å². The van der Waals surface area contributed by atoms with E-state index in [0.29, 0.717) is 13.0 Å².